The third-order valence-corrected chi connectivity index (χ3v) is 4.13. The van der Waals surface area contributed by atoms with Crippen LogP contribution in [0, 0.1) is 11.8 Å². The van der Waals surface area contributed by atoms with Crippen LogP contribution in [0.25, 0.3) is 6.08 Å². The van der Waals surface area contributed by atoms with Gasteiger partial charge in [0, 0.05) is 18.2 Å². The highest BCUT2D eigenvalue weighted by Gasteiger charge is 2.27. The average molecular weight is 315 g/mol. The zero-order valence-electron chi connectivity index (χ0n) is 13.9. The molecular weight excluding hydrogens is 294 g/mol. The monoisotopic (exact) mass is 315 g/mol. The maximum absolute atomic E-state index is 12.9. The molecule has 1 aliphatic rings. The van der Waals surface area contributed by atoms with Gasteiger partial charge in [-0.05, 0) is 35.8 Å². The van der Waals surface area contributed by atoms with Crippen LogP contribution in [0.4, 0.5) is 0 Å². The summed E-state index contributed by atoms with van der Waals surface area (Å²) in [5, 5.41) is 0. The molecule has 1 amide bonds. The zero-order chi connectivity index (χ0) is 16.8. The fraction of sp³-hybridized carbons (Fsp3) is 0.227. The largest absolute Gasteiger partial charge is 0.296 e. The Morgan fingerprint density at radius 1 is 1.08 bits per heavy atom. The van der Waals surface area contributed by atoms with Crippen LogP contribution >= 0.6 is 0 Å². The van der Waals surface area contributed by atoms with E-state index in [4.69, 9.17) is 0 Å². The molecule has 1 atom stereocenters. The summed E-state index contributed by atoms with van der Waals surface area (Å²) < 4.78 is 0. The molecule has 0 saturated carbocycles. The van der Waals surface area contributed by atoms with E-state index >= 15 is 0 Å². The topological polar surface area (TPSA) is 20.3 Å². The molecule has 0 aliphatic carbocycles. The zero-order valence-corrected chi connectivity index (χ0v) is 13.9. The van der Waals surface area contributed by atoms with Gasteiger partial charge in [0.1, 0.15) is 6.04 Å². The Morgan fingerprint density at radius 2 is 1.83 bits per heavy atom. The standard InChI is InChI=1S/C22H21NO/c1-2-3-4-8-15-21-20-14-10-9-11-18(20)16-17-23(21)22(24)19-12-6-5-7-13-19/h5-7,9-14,16-17,21H,2-4H2,1H3. The number of hydrogen-bond acceptors (Lipinski definition) is 1. The van der Waals surface area contributed by atoms with Gasteiger partial charge in [-0.2, -0.15) is 0 Å². The third-order valence-electron chi connectivity index (χ3n) is 4.13. The quantitative estimate of drug-likeness (QED) is 0.573. The number of benzene rings is 2. The van der Waals surface area contributed by atoms with Crippen LogP contribution < -0.4 is 0 Å². The van der Waals surface area contributed by atoms with Gasteiger partial charge in [0.05, 0.1) is 0 Å². The molecule has 24 heavy (non-hydrogen) atoms. The summed E-state index contributed by atoms with van der Waals surface area (Å²) in [6.45, 7) is 2.16. The Hall–Kier alpha value is -2.79. The van der Waals surface area contributed by atoms with Crippen LogP contribution in [0.3, 0.4) is 0 Å². The highest BCUT2D eigenvalue weighted by atomic mass is 16.2. The van der Waals surface area contributed by atoms with Crippen LogP contribution in [-0.2, 0) is 0 Å². The van der Waals surface area contributed by atoms with Crippen molar-refractivity contribution in [3.63, 3.8) is 0 Å². The number of amides is 1. The molecule has 2 heteroatoms. The molecule has 2 aromatic rings. The summed E-state index contributed by atoms with van der Waals surface area (Å²) >= 11 is 0. The molecule has 0 fully saturated rings. The van der Waals surface area contributed by atoms with Crippen molar-refractivity contribution < 1.29 is 4.79 Å². The van der Waals surface area contributed by atoms with Crippen molar-refractivity contribution in [1.82, 2.24) is 4.90 Å². The van der Waals surface area contributed by atoms with E-state index in [-0.39, 0.29) is 11.9 Å². The van der Waals surface area contributed by atoms with E-state index in [0.717, 1.165) is 30.4 Å². The average Bonchev–Trinajstić information content (AvgIpc) is 2.65. The lowest BCUT2D eigenvalue weighted by molar-refractivity contribution is 0.0795. The molecule has 3 rings (SSSR count). The molecule has 0 spiro atoms. The van der Waals surface area contributed by atoms with Gasteiger partial charge in [-0.25, -0.2) is 0 Å². The van der Waals surface area contributed by atoms with Crippen molar-refractivity contribution >= 4 is 12.0 Å². The minimum Gasteiger partial charge on any atom is -0.296 e. The first-order valence-electron chi connectivity index (χ1n) is 8.44. The fourth-order valence-corrected chi connectivity index (χ4v) is 2.80. The first kappa shape index (κ1) is 16.1. The minimum atomic E-state index is -0.226. The second-order valence-corrected chi connectivity index (χ2v) is 5.85. The molecule has 1 aliphatic heterocycles. The smallest absolute Gasteiger partial charge is 0.259 e. The van der Waals surface area contributed by atoms with Crippen molar-refractivity contribution in [2.45, 2.75) is 32.2 Å². The number of rotatable bonds is 3. The summed E-state index contributed by atoms with van der Waals surface area (Å²) in [6, 6.07) is 17.3. The molecular formula is C22H21NO. The predicted octanol–water partition coefficient (Wildman–Crippen LogP) is 5.05. The van der Waals surface area contributed by atoms with Gasteiger partial charge < -0.3 is 0 Å². The first-order valence-corrected chi connectivity index (χ1v) is 8.44. The van der Waals surface area contributed by atoms with E-state index in [9.17, 15) is 4.79 Å². The van der Waals surface area contributed by atoms with Crippen LogP contribution in [0.1, 0.15) is 53.7 Å². The maximum atomic E-state index is 12.9. The second-order valence-electron chi connectivity index (χ2n) is 5.85. The molecule has 2 aromatic carbocycles. The highest BCUT2D eigenvalue weighted by molar-refractivity contribution is 5.96. The number of fused-ring (bicyclic) bond motifs is 1. The van der Waals surface area contributed by atoms with E-state index in [1.165, 1.54) is 0 Å². The van der Waals surface area contributed by atoms with E-state index in [1.807, 2.05) is 54.7 Å². The lowest BCUT2D eigenvalue weighted by Gasteiger charge is -2.30. The Labute approximate surface area is 143 Å². The molecule has 1 unspecified atom stereocenters. The summed E-state index contributed by atoms with van der Waals surface area (Å²) in [5.74, 6) is 6.56. The lowest BCUT2D eigenvalue weighted by atomic mass is 9.95. The highest BCUT2D eigenvalue weighted by Crippen LogP contribution is 2.31. The van der Waals surface area contributed by atoms with Crippen molar-refractivity contribution in [3.8, 4) is 11.8 Å². The molecule has 0 radical (unpaired) electrons. The molecule has 0 saturated heterocycles. The summed E-state index contributed by atoms with van der Waals surface area (Å²) in [4.78, 5) is 14.7. The second kappa shape index (κ2) is 7.66. The Morgan fingerprint density at radius 3 is 2.62 bits per heavy atom. The molecule has 0 N–H and O–H groups in total. The van der Waals surface area contributed by atoms with Gasteiger partial charge >= 0.3 is 0 Å². The van der Waals surface area contributed by atoms with Crippen LogP contribution in [0.2, 0.25) is 0 Å². The van der Waals surface area contributed by atoms with Crippen LogP contribution in [0.5, 0.6) is 0 Å². The number of hydrogen-bond donors (Lipinski definition) is 0. The predicted molar refractivity (Wildman–Crippen MR) is 98.1 cm³/mol. The van der Waals surface area contributed by atoms with E-state index in [0.29, 0.717) is 5.56 Å². The lowest BCUT2D eigenvalue weighted by Crippen LogP contribution is -2.31. The van der Waals surface area contributed by atoms with Crippen molar-refractivity contribution in [1.29, 1.82) is 0 Å². The van der Waals surface area contributed by atoms with Crippen LogP contribution in [-0.4, -0.2) is 10.8 Å². The van der Waals surface area contributed by atoms with E-state index in [1.54, 1.807) is 4.90 Å². The van der Waals surface area contributed by atoms with Gasteiger partial charge in [0.2, 0.25) is 0 Å². The van der Waals surface area contributed by atoms with Gasteiger partial charge in [-0.15, -0.1) is 5.92 Å². The number of carbonyl (C=O) groups is 1. The van der Waals surface area contributed by atoms with E-state index in [2.05, 4.69) is 30.9 Å². The number of nitrogens with zero attached hydrogens (tertiary/aromatic N) is 1. The van der Waals surface area contributed by atoms with Gasteiger partial charge in [0.15, 0.2) is 0 Å². The van der Waals surface area contributed by atoms with Gasteiger partial charge in [-0.3, -0.25) is 9.69 Å². The Kier molecular flexibility index (Phi) is 5.13. The Balaban J connectivity index is 1.95. The molecule has 0 aromatic heterocycles. The van der Waals surface area contributed by atoms with Crippen molar-refractivity contribution in [2.75, 3.05) is 0 Å². The van der Waals surface area contributed by atoms with Crippen molar-refractivity contribution in [2.24, 2.45) is 0 Å². The fourth-order valence-electron chi connectivity index (χ4n) is 2.80. The number of carbonyl (C=O) groups excluding carboxylic acids is 1. The summed E-state index contributed by atoms with van der Waals surface area (Å²) in [6.07, 6.45) is 6.93. The molecule has 120 valence electrons. The van der Waals surface area contributed by atoms with Gasteiger partial charge in [-0.1, -0.05) is 61.7 Å². The third kappa shape index (κ3) is 3.41. The minimum absolute atomic E-state index is 0.0175. The van der Waals surface area contributed by atoms with Gasteiger partial charge in [0.25, 0.3) is 5.91 Å². The first-order chi connectivity index (χ1) is 11.8. The normalized spacial score (nSPS) is 15.4. The van der Waals surface area contributed by atoms with Crippen molar-refractivity contribution in [3.05, 3.63) is 77.5 Å². The summed E-state index contributed by atoms with van der Waals surface area (Å²) in [7, 11) is 0. The summed E-state index contributed by atoms with van der Waals surface area (Å²) in [5.41, 5.74) is 2.90. The molecule has 1 heterocycles. The molecule has 0 bridgehead atoms. The number of unbranched alkanes of at least 4 members (excludes halogenated alkanes) is 2. The Bertz CT molecular complexity index is 795. The van der Waals surface area contributed by atoms with Crippen LogP contribution in [0.15, 0.2) is 60.8 Å². The SMILES string of the molecule is CCCCC#CC1c2ccccc2C=CN1C(=O)c1ccccc1. The maximum Gasteiger partial charge on any atom is 0.259 e. The van der Waals surface area contributed by atoms with E-state index < -0.39 is 0 Å². The molecule has 2 nitrogen and oxygen atoms in total.